The third kappa shape index (κ3) is 2.53. The van der Waals surface area contributed by atoms with E-state index in [4.69, 9.17) is 4.74 Å². The van der Waals surface area contributed by atoms with Crippen LogP contribution in [0.4, 0.5) is 0 Å². The number of nitrogens with one attached hydrogen (secondary N) is 1. The highest BCUT2D eigenvalue weighted by Crippen LogP contribution is 2.21. The lowest BCUT2D eigenvalue weighted by Gasteiger charge is -2.08. The SMILES string of the molecule is CNCCc1nc(C)nc2cc(OC)ccc12. The standard InChI is InChI=1S/C13H17N3O/c1-9-15-12(6-7-14-2)11-5-4-10(17-3)8-13(11)16-9/h4-5,8,14H,6-7H2,1-3H3. The number of likely N-dealkylation sites (N-methyl/N-ethyl adjacent to an activating group) is 1. The molecule has 90 valence electrons. The van der Waals surface area contributed by atoms with Crippen molar-refractivity contribution in [1.82, 2.24) is 15.3 Å². The summed E-state index contributed by atoms with van der Waals surface area (Å²) in [6, 6.07) is 5.93. The van der Waals surface area contributed by atoms with Gasteiger partial charge in [-0.1, -0.05) is 0 Å². The topological polar surface area (TPSA) is 47.0 Å². The summed E-state index contributed by atoms with van der Waals surface area (Å²) >= 11 is 0. The normalized spacial score (nSPS) is 10.8. The maximum atomic E-state index is 5.21. The van der Waals surface area contributed by atoms with Gasteiger partial charge in [-0.3, -0.25) is 0 Å². The monoisotopic (exact) mass is 231 g/mol. The van der Waals surface area contributed by atoms with Gasteiger partial charge in [0.05, 0.1) is 18.3 Å². The van der Waals surface area contributed by atoms with Crippen molar-refractivity contribution < 1.29 is 4.74 Å². The minimum atomic E-state index is 0.803. The van der Waals surface area contributed by atoms with Gasteiger partial charge in [0, 0.05) is 24.4 Å². The number of hydrogen-bond acceptors (Lipinski definition) is 4. The van der Waals surface area contributed by atoms with Gasteiger partial charge in [0.2, 0.25) is 0 Å². The summed E-state index contributed by atoms with van der Waals surface area (Å²) in [5.74, 6) is 1.63. The van der Waals surface area contributed by atoms with E-state index in [9.17, 15) is 0 Å². The van der Waals surface area contributed by atoms with Crippen molar-refractivity contribution in [3.05, 3.63) is 29.7 Å². The fourth-order valence-electron chi connectivity index (χ4n) is 1.86. The number of rotatable bonds is 4. The fourth-order valence-corrected chi connectivity index (χ4v) is 1.86. The van der Waals surface area contributed by atoms with Crippen molar-refractivity contribution in [3.8, 4) is 5.75 Å². The van der Waals surface area contributed by atoms with Crippen molar-refractivity contribution in [2.75, 3.05) is 20.7 Å². The Kier molecular flexibility index (Phi) is 3.54. The zero-order valence-electron chi connectivity index (χ0n) is 10.4. The second kappa shape index (κ2) is 5.10. The van der Waals surface area contributed by atoms with Crippen LogP contribution in [0.3, 0.4) is 0 Å². The quantitative estimate of drug-likeness (QED) is 0.870. The van der Waals surface area contributed by atoms with E-state index >= 15 is 0 Å². The van der Waals surface area contributed by atoms with Crippen molar-refractivity contribution in [2.24, 2.45) is 0 Å². The number of hydrogen-bond donors (Lipinski definition) is 1. The van der Waals surface area contributed by atoms with Gasteiger partial charge >= 0.3 is 0 Å². The Balaban J connectivity index is 2.51. The molecule has 2 aromatic rings. The van der Waals surface area contributed by atoms with E-state index in [0.29, 0.717) is 0 Å². The van der Waals surface area contributed by atoms with E-state index in [1.165, 1.54) is 0 Å². The van der Waals surface area contributed by atoms with Gasteiger partial charge in [-0.25, -0.2) is 9.97 Å². The molecule has 0 fully saturated rings. The smallest absolute Gasteiger partial charge is 0.126 e. The number of methoxy groups -OCH3 is 1. The maximum absolute atomic E-state index is 5.21. The van der Waals surface area contributed by atoms with Crippen molar-refractivity contribution in [2.45, 2.75) is 13.3 Å². The zero-order valence-corrected chi connectivity index (χ0v) is 10.4. The summed E-state index contributed by atoms with van der Waals surface area (Å²) in [5.41, 5.74) is 2.03. The molecule has 0 saturated carbocycles. The van der Waals surface area contributed by atoms with E-state index in [1.54, 1.807) is 7.11 Å². The van der Waals surface area contributed by atoms with Gasteiger partial charge in [0.25, 0.3) is 0 Å². The molecule has 0 aliphatic carbocycles. The van der Waals surface area contributed by atoms with E-state index in [2.05, 4.69) is 15.3 Å². The molecule has 0 saturated heterocycles. The summed E-state index contributed by atoms with van der Waals surface area (Å²) in [4.78, 5) is 8.94. The van der Waals surface area contributed by atoms with Crippen LogP contribution in [0.2, 0.25) is 0 Å². The zero-order chi connectivity index (χ0) is 12.3. The summed E-state index contributed by atoms with van der Waals surface area (Å²) in [6.07, 6.45) is 0.905. The Bertz CT molecular complexity index is 525. The van der Waals surface area contributed by atoms with Gasteiger partial charge in [0.1, 0.15) is 11.6 Å². The van der Waals surface area contributed by atoms with Crippen LogP contribution in [-0.2, 0) is 6.42 Å². The minimum Gasteiger partial charge on any atom is -0.497 e. The largest absolute Gasteiger partial charge is 0.497 e. The fraction of sp³-hybridized carbons (Fsp3) is 0.385. The van der Waals surface area contributed by atoms with Crippen LogP contribution in [0.25, 0.3) is 10.9 Å². The summed E-state index contributed by atoms with van der Waals surface area (Å²) in [6.45, 7) is 2.83. The maximum Gasteiger partial charge on any atom is 0.126 e. The molecule has 0 spiro atoms. The molecular weight excluding hydrogens is 214 g/mol. The van der Waals surface area contributed by atoms with Crippen LogP contribution in [0.1, 0.15) is 11.5 Å². The number of fused-ring (bicyclic) bond motifs is 1. The molecule has 1 heterocycles. The first-order valence-electron chi connectivity index (χ1n) is 5.70. The molecule has 0 amide bonds. The molecule has 0 aliphatic rings. The molecular formula is C13H17N3O. The number of aryl methyl sites for hydroxylation is 1. The number of nitrogens with zero attached hydrogens (tertiary/aromatic N) is 2. The molecule has 0 radical (unpaired) electrons. The second-order valence-electron chi connectivity index (χ2n) is 3.95. The number of ether oxygens (including phenoxy) is 1. The molecule has 17 heavy (non-hydrogen) atoms. The van der Waals surface area contributed by atoms with E-state index in [-0.39, 0.29) is 0 Å². The van der Waals surface area contributed by atoms with Gasteiger partial charge in [-0.2, -0.15) is 0 Å². The summed E-state index contributed by atoms with van der Waals surface area (Å²) < 4.78 is 5.21. The van der Waals surface area contributed by atoms with Gasteiger partial charge in [0.15, 0.2) is 0 Å². The first kappa shape index (κ1) is 11.8. The van der Waals surface area contributed by atoms with Crippen LogP contribution in [-0.4, -0.2) is 30.7 Å². The highest BCUT2D eigenvalue weighted by molar-refractivity contribution is 5.82. The van der Waals surface area contributed by atoms with E-state index in [0.717, 1.165) is 41.1 Å². The predicted octanol–water partition coefficient (Wildman–Crippen LogP) is 1.71. The lowest BCUT2D eigenvalue weighted by atomic mass is 10.1. The summed E-state index contributed by atoms with van der Waals surface area (Å²) in [5, 5.41) is 4.24. The molecule has 0 bridgehead atoms. The Hall–Kier alpha value is -1.68. The highest BCUT2D eigenvalue weighted by atomic mass is 16.5. The molecule has 0 unspecified atom stereocenters. The highest BCUT2D eigenvalue weighted by Gasteiger charge is 2.06. The molecule has 1 aromatic heterocycles. The lowest BCUT2D eigenvalue weighted by molar-refractivity contribution is 0.415. The molecule has 4 heteroatoms. The molecule has 0 aliphatic heterocycles. The van der Waals surface area contributed by atoms with E-state index in [1.807, 2.05) is 32.2 Å². The molecule has 0 atom stereocenters. The number of benzene rings is 1. The van der Waals surface area contributed by atoms with Crippen LogP contribution >= 0.6 is 0 Å². The Morgan fingerprint density at radius 3 is 2.82 bits per heavy atom. The molecule has 1 aromatic carbocycles. The van der Waals surface area contributed by atoms with Crippen LogP contribution in [0.5, 0.6) is 5.75 Å². The third-order valence-corrected chi connectivity index (χ3v) is 2.71. The predicted molar refractivity (Wildman–Crippen MR) is 68.5 cm³/mol. The lowest BCUT2D eigenvalue weighted by Crippen LogP contribution is -2.12. The van der Waals surface area contributed by atoms with Gasteiger partial charge in [-0.15, -0.1) is 0 Å². The Morgan fingerprint density at radius 1 is 1.29 bits per heavy atom. The van der Waals surface area contributed by atoms with Gasteiger partial charge in [-0.05, 0) is 26.1 Å². The van der Waals surface area contributed by atoms with Crippen LogP contribution in [0, 0.1) is 6.92 Å². The van der Waals surface area contributed by atoms with Crippen molar-refractivity contribution >= 4 is 10.9 Å². The average Bonchev–Trinajstić information content (AvgIpc) is 2.34. The molecule has 1 N–H and O–H groups in total. The third-order valence-electron chi connectivity index (χ3n) is 2.71. The van der Waals surface area contributed by atoms with E-state index < -0.39 is 0 Å². The second-order valence-corrected chi connectivity index (χ2v) is 3.95. The Morgan fingerprint density at radius 2 is 2.12 bits per heavy atom. The first-order valence-corrected chi connectivity index (χ1v) is 5.70. The molecule has 4 nitrogen and oxygen atoms in total. The first-order chi connectivity index (χ1) is 8.24. The van der Waals surface area contributed by atoms with Crippen molar-refractivity contribution in [3.63, 3.8) is 0 Å². The minimum absolute atomic E-state index is 0.803. The van der Waals surface area contributed by atoms with Crippen LogP contribution < -0.4 is 10.1 Å². The molecule has 2 rings (SSSR count). The van der Waals surface area contributed by atoms with Crippen molar-refractivity contribution in [1.29, 1.82) is 0 Å². The number of aromatic nitrogens is 2. The van der Waals surface area contributed by atoms with Gasteiger partial charge < -0.3 is 10.1 Å². The Labute approximate surface area is 101 Å². The average molecular weight is 231 g/mol. The summed E-state index contributed by atoms with van der Waals surface area (Å²) in [7, 11) is 3.61. The van der Waals surface area contributed by atoms with Crippen LogP contribution in [0.15, 0.2) is 18.2 Å².